The lowest BCUT2D eigenvalue weighted by Crippen LogP contribution is -2.15. The Morgan fingerprint density at radius 3 is 1.18 bits per heavy atom. The van der Waals surface area contributed by atoms with Crippen molar-refractivity contribution in [3.05, 3.63) is 94.0 Å². The summed E-state index contributed by atoms with van der Waals surface area (Å²) in [5.74, 6) is -0.554. The Bertz CT molecular complexity index is 925. The molecular weight excluding hydrogens is 352 g/mol. The molecule has 28 heavy (non-hydrogen) atoms. The maximum Gasteiger partial charge on any atom is 0.344 e. The quantitative estimate of drug-likeness (QED) is 0.456. The predicted molar refractivity (Wildman–Crippen MR) is 108 cm³/mol. The van der Waals surface area contributed by atoms with Crippen LogP contribution in [0.15, 0.2) is 60.7 Å². The van der Waals surface area contributed by atoms with E-state index in [1.54, 1.807) is 24.3 Å². The van der Waals surface area contributed by atoms with Gasteiger partial charge in [-0.25, -0.2) is 9.59 Å². The van der Waals surface area contributed by atoms with Crippen LogP contribution in [-0.4, -0.2) is 11.9 Å². The van der Waals surface area contributed by atoms with Crippen LogP contribution in [0.1, 0.15) is 43.0 Å². The van der Waals surface area contributed by atoms with E-state index in [0.29, 0.717) is 11.1 Å². The van der Waals surface area contributed by atoms with Crippen molar-refractivity contribution in [2.45, 2.75) is 27.7 Å². The lowest BCUT2D eigenvalue weighted by Gasteiger charge is -2.14. The number of esters is 2. The van der Waals surface area contributed by atoms with Crippen molar-refractivity contribution in [2.75, 3.05) is 0 Å². The number of carbonyl (C=O) groups excluding carboxylic acids is 2. The Balaban J connectivity index is 1.88. The van der Waals surface area contributed by atoms with Gasteiger partial charge in [0.2, 0.25) is 0 Å². The monoisotopic (exact) mass is 374 g/mol. The third kappa shape index (κ3) is 3.96. The highest BCUT2D eigenvalue weighted by Crippen LogP contribution is 2.29. The second kappa shape index (κ2) is 8.09. The number of aryl methyl sites for hydroxylation is 4. The molecular formula is C24H22O4. The molecule has 0 aromatic heterocycles. The largest absolute Gasteiger partial charge is 0.419 e. The molecule has 3 rings (SSSR count). The van der Waals surface area contributed by atoms with E-state index in [9.17, 15) is 9.59 Å². The summed E-state index contributed by atoms with van der Waals surface area (Å²) in [6.45, 7) is 7.43. The third-order valence-corrected chi connectivity index (χ3v) is 4.62. The van der Waals surface area contributed by atoms with Gasteiger partial charge in [0, 0.05) is 0 Å². The summed E-state index contributed by atoms with van der Waals surface area (Å²) >= 11 is 0. The Kier molecular flexibility index (Phi) is 5.59. The summed E-state index contributed by atoms with van der Waals surface area (Å²) in [7, 11) is 0. The van der Waals surface area contributed by atoms with Crippen molar-refractivity contribution < 1.29 is 19.1 Å². The van der Waals surface area contributed by atoms with E-state index in [1.165, 1.54) is 0 Å². The topological polar surface area (TPSA) is 52.6 Å². The number of para-hydroxylation sites is 2. The standard InChI is InChI=1S/C24H22O4/c1-15-9-7-10-16(2)21(15)23(25)27-19-13-5-6-14-20(19)28-24(26)22-17(3)11-8-12-18(22)4/h5-14H,1-4H3. The summed E-state index contributed by atoms with van der Waals surface area (Å²) in [6, 6.07) is 17.9. The van der Waals surface area contributed by atoms with Gasteiger partial charge in [-0.05, 0) is 62.1 Å². The van der Waals surface area contributed by atoms with E-state index < -0.39 is 11.9 Å². The fourth-order valence-corrected chi connectivity index (χ4v) is 3.19. The molecule has 0 bridgehead atoms. The molecule has 0 N–H and O–H groups in total. The van der Waals surface area contributed by atoms with E-state index in [1.807, 2.05) is 64.1 Å². The van der Waals surface area contributed by atoms with E-state index in [4.69, 9.17) is 9.47 Å². The molecule has 0 radical (unpaired) electrons. The Hall–Kier alpha value is -3.40. The van der Waals surface area contributed by atoms with Gasteiger partial charge in [-0.15, -0.1) is 0 Å². The molecule has 4 heteroatoms. The van der Waals surface area contributed by atoms with Gasteiger partial charge in [0.25, 0.3) is 0 Å². The van der Waals surface area contributed by atoms with Crippen molar-refractivity contribution in [3.63, 3.8) is 0 Å². The Morgan fingerprint density at radius 1 is 0.536 bits per heavy atom. The van der Waals surface area contributed by atoms with E-state index in [2.05, 4.69) is 0 Å². The molecule has 0 saturated heterocycles. The van der Waals surface area contributed by atoms with E-state index >= 15 is 0 Å². The van der Waals surface area contributed by atoms with Crippen molar-refractivity contribution in [2.24, 2.45) is 0 Å². The number of benzene rings is 3. The molecule has 4 nitrogen and oxygen atoms in total. The van der Waals surface area contributed by atoms with Crippen LogP contribution < -0.4 is 9.47 Å². The molecule has 3 aromatic carbocycles. The van der Waals surface area contributed by atoms with Crippen LogP contribution >= 0.6 is 0 Å². The number of hydrogen-bond donors (Lipinski definition) is 0. The molecule has 0 amide bonds. The van der Waals surface area contributed by atoms with Gasteiger partial charge >= 0.3 is 11.9 Å². The summed E-state index contributed by atoms with van der Waals surface area (Å²) in [5, 5.41) is 0. The van der Waals surface area contributed by atoms with Crippen molar-refractivity contribution in [1.29, 1.82) is 0 Å². The molecule has 0 atom stereocenters. The van der Waals surface area contributed by atoms with Crippen LogP contribution in [0, 0.1) is 27.7 Å². The second-order valence-corrected chi connectivity index (χ2v) is 6.76. The number of carbonyl (C=O) groups is 2. The average Bonchev–Trinajstić information content (AvgIpc) is 2.63. The summed E-state index contributed by atoms with van der Waals surface area (Å²) in [6.07, 6.45) is 0. The SMILES string of the molecule is Cc1cccc(C)c1C(=O)Oc1ccccc1OC(=O)c1c(C)cccc1C. The van der Waals surface area contributed by atoms with Crippen LogP contribution in [-0.2, 0) is 0 Å². The predicted octanol–water partition coefficient (Wildman–Crippen LogP) is 5.36. The van der Waals surface area contributed by atoms with Crippen molar-refractivity contribution in [3.8, 4) is 11.5 Å². The van der Waals surface area contributed by atoms with Gasteiger partial charge in [-0.1, -0.05) is 48.5 Å². The second-order valence-electron chi connectivity index (χ2n) is 6.76. The minimum atomic E-state index is -0.480. The molecule has 3 aromatic rings. The normalized spacial score (nSPS) is 10.4. The lowest BCUT2D eigenvalue weighted by atomic mass is 10.0. The van der Waals surface area contributed by atoms with Crippen LogP contribution in [0.2, 0.25) is 0 Å². The average molecular weight is 374 g/mol. The van der Waals surface area contributed by atoms with Crippen LogP contribution in [0.4, 0.5) is 0 Å². The Labute approximate surface area is 164 Å². The zero-order valence-corrected chi connectivity index (χ0v) is 16.4. The maximum absolute atomic E-state index is 12.7. The molecule has 0 heterocycles. The minimum Gasteiger partial charge on any atom is -0.419 e. The van der Waals surface area contributed by atoms with Crippen LogP contribution in [0.25, 0.3) is 0 Å². The molecule has 142 valence electrons. The van der Waals surface area contributed by atoms with Gasteiger partial charge < -0.3 is 9.47 Å². The number of rotatable bonds is 4. The first-order valence-electron chi connectivity index (χ1n) is 9.04. The highest BCUT2D eigenvalue weighted by Gasteiger charge is 2.20. The molecule has 0 aliphatic carbocycles. The van der Waals surface area contributed by atoms with Crippen molar-refractivity contribution in [1.82, 2.24) is 0 Å². The molecule has 0 aliphatic heterocycles. The highest BCUT2D eigenvalue weighted by molar-refractivity contribution is 5.96. The first-order chi connectivity index (χ1) is 13.4. The fourth-order valence-electron chi connectivity index (χ4n) is 3.19. The maximum atomic E-state index is 12.7. The van der Waals surface area contributed by atoms with Gasteiger partial charge in [-0.2, -0.15) is 0 Å². The van der Waals surface area contributed by atoms with Gasteiger partial charge in [0.15, 0.2) is 11.5 Å². The highest BCUT2D eigenvalue weighted by atomic mass is 16.6. The summed E-state index contributed by atoms with van der Waals surface area (Å²) in [4.78, 5) is 25.4. The van der Waals surface area contributed by atoms with Crippen molar-refractivity contribution >= 4 is 11.9 Å². The molecule has 0 aliphatic rings. The molecule has 0 saturated carbocycles. The minimum absolute atomic E-state index is 0.203. The number of ether oxygens (including phenoxy) is 2. The first-order valence-corrected chi connectivity index (χ1v) is 9.04. The van der Waals surface area contributed by atoms with E-state index in [-0.39, 0.29) is 11.5 Å². The molecule has 0 spiro atoms. The van der Waals surface area contributed by atoms with Gasteiger partial charge in [0.05, 0.1) is 11.1 Å². The van der Waals surface area contributed by atoms with Gasteiger partial charge in [0.1, 0.15) is 0 Å². The van der Waals surface area contributed by atoms with Crippen LogP contribution in [0.5, 0.6) is 11.5 Å². The lowest BCUT2D eigenvalue weighted by molar-refractivity contribution is 0.0680. The van der Waals surface area contributed by atoms with E-state index in [0.717, 1.165) is 22.3 Å². The first kappa shape index (κ1) is 19.4. The summed E-state index contributed by atoms with van der Waals surface area (Å²) in [5.41, 5.74) is 4.34. The summed E-state index contributed by atoms with van der Waals surface area (Å²) < 4.78 is 11.1. The third-order valence-electron chi connectivity index (χ3n) is 4.62. The smallest absolute Gasteiger partial charge is 0.344 e. The fraction of sp³-hybridized carbons (Fsp3) is 0.167. The number of hydrogen-bond acceptors (Lipinski definition) is 4. The molecule has 0 fully saturated rings. The molecule has 0 unspecified atom stereocenters. The Morgan fingerprint density at radius 2 is 0.857 bits per heavy atom. The van der Waals surface area contributed by atoms with Crippen LogP contribution in [0.3, 0.4) is 0 Å². The zero-order chi connectivity index (χ0) is 20.3. The zero-order valence-electron chi connectivity index (χ0n) is 16.4. The van der Waals surface area contributed by atoms with Gasteiger partial charge in [-0.3, -0.25) is 0 Å².